The van der Waals surface area contributed by atoms with Gasteiger partial charge in [-0.3, -0.25) is 9.59 Å². The van der Waals surface area contributed by atoms with Crippen molar-refractivity contribution in [2.75, 3.05) is 44.3 Å². The number of carbonyl (C=O) groups is 2. The second-order valence-corrected chi connectivity index (χ2v) is 7.54. The molecule has 3 aliphatic heterocycles. The molecule has 7 heteroatoms. The van der Waals surface area contributed by atoms with E-state index in [1.54, 1.807) is 0 Å². The second-order valence-electron chi connectivity index (χ2n) is 6.53. The highest BCUT2D eigenvalue weighted by Gasteiger charge is 2.27. The van der Waals surface area contributed by atoms with Gasteiger partial charge in [-0.15, -0.1) is 0 Å². The topological polar surface area (TPSA) is 62.2 Å². The minimum atomic E-state index is -0.171. The summed E-state index contributed by atoms with van der Waals surface area (Å²) in [6.45, 7) is 4.47. The molecule has 1 amide bonds. The average molecular weight is 371 g/mol. The number of hydrogen-bond acceptors (Lipinski definition) is 6. The predicted molar refractivity (Wildman–Crippen MR) is 103 cm³/mol. The van der Waals surface area contributed by atoms with Crippen molar-refractivity contribution in [3.63, 3.8) is 0 Å². The Morgan fingerprint density at radius 3 is 2.35 bits per heavy atom. The SMILES string of the molecule is O=C1CCN(c2ccc(/C=C3/SC(N4CCOCC4)=NC3=O)cc2)CC1. The fourth-order valence-electron chi connectivity index (χ4n) is 3.23. The molecule has 0 aromatic heterocycles. The van der Waals surface area contributed by atoms with Crippen molar-refractivity contribution in [1.82, 2.24) is 4.90 Å². The van der Waals surface area contributed by atoms with Crippen LogP contribution in [0.4, 0.5) is 5.69 Å². The van der Waals surface area contributed by atoms with E-state index in [2.05, 4.69) is 26.9 Å². The van der Waals surface area contributed by atoms with Gasteiger partial charge in [-0.2, -0.15) is 4.99 Å². The van der Waals surface area contributed by atoms with Gasteiger partial charge in [-0.1, -0.05) is 12.1 Å². The third-order valence-corrected chi connectivity index (χ3v) is 5.81. The summed E-state index contributed by atoms with van der Waals surface area (Å²) in [7, 11) is 0. The molecule has 0 N–H and O–H groups in total. The lowest BCUT2D eigenvalue weighted by atomic mass is 10.1. The zero-order chi connectivity index (χ0) is 17.9. The molecule has 0 saturated carbocycles. The maximum absolute atomic E-state index is 12.2. The summed E-state index contributed by atoms with van der Waals surface area (Å²) < 4.78 is 5.35. The number of ether oxygens (including phenoxy) is 1. The van der Waals surface area contributed by atoms with Crippen molar-refractivity contribution in [3.05, 3.63) is 34.7 Å². The van der Waals surface area contributed by atoms with Crippen molar-refractivity contribution in [2.45, 2.75) is 12.8 Å². The normalized spacial score (nSPS) is 22.9. The number of amidine groups is 1. The van der Waals surface area contributed by atoms with Crippen LogP contribution in [0.5, 0.6) is 0 Å². The van der Waals surface area contributed by atoms with Crippen molar-refractivity contribution in [2.24, 2.45) is 4.99 Å². The number of aliphatic imine (C=N–C) groups is 1. The summed E-state index contributed by atoms with van der Waals surface area (Å²) in [6.07, 6.45) is 3.14. The maximum Gasteiger partial charge on any atom is 0.286 e. The molecule has 1 aromatic rings. The minimum Gasteiger partial charge on any atom is -0.378 e. The van der Waals surface area contributed by atoms with Gasteiger partial charge in [0.15, 0.2) is 5.17 Å². The van der Waals surface area contributed by atoms with Crippen LogP contribution < -0.4 is 4.90 Å². The van der Waals surface area contributed by atoms with Crippen molar-refractivity contribution in [3.8, 4) is 0 Å². The van der Waals surface area contributed by atoms with Gasteiger partial charge < -0.3 is 14.5 Å². The van der Waals surface area contributed by atoms with Crippen LogP contribution in [-0.4, -0.2) is 61.2 Å². The zero-order valence-electron chi connectivity index (χ0n) is 14.5. The lowest BCUT2D eigenvalue weighted by molar-refractivity contribution is -0.119. The molecule has 0 aliphatic carbocycles. The highest BCUT2D eigenvalue weighted by atomic mass is 32.2. The van der Waals surface area contributed by atoms with E-state index in [1.165, 1.54) is 11.8 Å². The largest absolute Gasteiger partial charge is 0.378 e. The molecule has 0 atom stereocenters. The van der Waals surface area contributed by atoms with E-state index >= 15 is 0 Å². The number of morpholine rings is 1. The van der Waals surface area contributed by atoms with Crippen molar-refractivity contribution >= 4 is 40.4 Å². The number of hydrogen-bond donors (Lipinski definition) is 0. The lowest BCUT2D eigenvalue weighted by Gasteiger charge is -2.28. The standard InChI is InChI=1S/C19H21N3O3S/c23-16-5-7-21(8-6-16)15-3-1-14(2-4-15)13-17-18(24)20-19(26-17)22-9-11-25-12-10-22/h1-4,13H,5-12H2/b17-13+. The number of thioether (sulfide) groups is 1. The zero-order valence-corrected chi connectivity index (χ0v) is 15.3. The summed E-state index contributed by atoms with van der Waals surface area (Å²) in [5.41, 5.74) is 2.10. The quantitative estimate of drug-likeness (QED) is 0.743. The number of ketones is 1. The van der Waals surface area contributed by atoms with Gasteiger partial charge in [0.1, 0.15) is 5.78 Å². The van der Waals surface area contributed by atoms with E-state index in [4.69, 9.17) is 4.74 Å². The molecule has 0 spiro atoms. The number of anilines is 1. The molecule has 0 bridgehead atoms. The Hall–Kier alpha value is -2.12. The van der Waals surface area contributed by atoms with E-state index in [-0.39, 0.29) is 5.91 Å². The van der Waals surface area contributed by atoms with Crippen LogP contribution in [-0.2, 0) is 14.3 Å². The van der Waals surface area contributed by atoms with Gasteiger partial charge in [0.2, 0.25) is 0 Å². The molecule has 2 saturated heterocycles. The number of rotatable bonds is 2. The van der Waals surface area contributed by atoms with Crippen LogP contribution in [0.25, 0.3) is 6.08 Å². The maximum atomic E-state index is 12.2. The van der Waals surface area contributed by atoms with Gasteiger partial charge in [-0.25, -0.2) is 0 Å². The van der Waals surface area contributed by atoms with Crippen LogP contribution >= 0.6 is 11.8 Å². The van der Waals surface area contributed by atoms with Crippen LogP contribution in [0, 0.1) is 0 Å². The van der Waals surface area contributed by atoms with E-state index < -0.39 is 0 Å². The van der Waals surface area contributed by atoms with Gasteiger partial charge in [-0.05, 0) is 35.5 Å². The van der Waals surface area contributed by atoms with E-state index in [0.717, 1.165) is 42.6 Å². The summed E-state index contributed by atoms with van der Waals surface area (Å²) in [5.74, 6) is 0.172. The molecule has 136 valence electrons. The highest BCUT2D eigenvalue weighted by molar-refractivity contribution is 8.18. The Morgan fingerprint density at radius 1 is 0.962 bits per heavy atom. The number of Topliss-reactive ketones (excluding diaryl/α,β-unsaturated/α-hetero) is 1. The van der Waals surface area contributed by atoms with E-state index in [1.807, 2.05) is 18.2 Å². The van der Waals surface area contributed by atoms with Crippen LogP contribution in [0.3, 0.4) is 0 Å². The Labute approximate surface area is 156 Å². The highest BCUT2D eigenvalue weighted by Crippen LogP contribution is 2.31. The molecule has 1 aromatic carbocycles. The second kappa shape index (κ2) is 7.63. The van der Waals surface area contributed by atoms with Crippen molar-refractivity contribution in [1.29, 1.82) is 0 Å². The number of nitrogens with zero attached hydrogens (tertiary/aromatic N) is 3. The average Bonchev–Trinajstić information content (AvgIpc) is 3.04. The first-order chi connectivity index (χ1) is 12.7. The van der Waals surface area contributed by atoms with Gasteiger partial charge in [0.25, 0.3) is 5.91 Å². The van der Waals surface area contributed by atoms with Gasteiger partial charge in [0, 0.05) is 44.7 Å². The molecule has 3 aliphatic rings. The summed E-state index contributed by atoms with van der Waals surface area (Å²) in [5, 5.41) is 0.777. The fraction of sp³-hybridized carbons (Fsp3) is 0.421. The van der Waals surface area contributed by atoms with Crippen molar-refractivity contribution < 1.29 is 14.3 Å². The molecule has 0 radical (unpaired) electrons. The molecular weight excluding hydrogens is 350 g/mol. The summed E-state index contributed by atoms with van der Waals surface area (Å²) in [6, 6.07) is 8.13. The minimum absolute atomic E-state index is 0.171. The summed E-state index contributed by atoms with van der Waals surface area (Å²) in [4.78, 5) is 32.8. The number of benzene rings is 1. The van der Waals surface area contributed by atoms with E-state index in [0.29, 0.717) is 36.7 Å². The third kappa shape index (κ3) is 3.83. The molecule has 0 unspecified atom stereocenters. The molecule has 4 rings (SSSR count). The molecule has 2 fully saturated rings. The van der Waals surface area contributed by atoms with Crippen LogP contribution in [0.2, 0.25) is 0 Å². The fourth-order valence-corrected chi connectivity index (χ4v) is 4.20. The van der Waals surface area contributed by atoms with E-state index in [9.17, 15) is 9.59 Å². The Balaban J connectivity index is 1.42. The third-order valence-electron chi connectivity index (χ3n) is 4.77. The molecular formula is C19H21N3O3S. The number of amides is 1. The van der Waals surface area contributed by atoms with Gasteiger partial charge >= 0.3 is 0 Å². The Bertz CT molecular complexity index is 757. The molecule has 3 heterocycles. The first-order valence-electron chi connectivity index (χ1n) is 8.91. The Morgan fingerprint density at radius 2 is 1.65 bits per heavy atom. The van der Waals surface area contributed by atoms with Crippen LogP contribution in [0.15, 0.2) is 34.2 Å². The lowest BCUT2D eigenvalue weighted by Crippen LogP contribution is -2.38. The van der Waals surface area contributed by atoms with Gasteiger partial charge in [0.05, 0.1) is 18.1 Å². The first-order valence-corrected chi connectivity index (χ1v) is 9.73. The number of piperidine rings is 1. The predicted octanol–water partition coefficient (Wildman–Crippen LogP) is 2.16. The molecule has 6 nitrogen and oxygen atoms in total. The monoisotopic (exact) mass is 371 g/mol. The Kier molecular flexibility index (Phi) is 5.08. The van der Waals surface area contributed by atoms with Crippen LogP contribution in [0.1, 0.15) is 18.4 Å². The first kappa shape index (κ1) is 17.3. The smallest absolute Gasteiger partial charge is 0.286 e. The number of carbonyl (C=O) groups excluding carboxylic acids is 2. The summed E-state index contributed by atoms with van der Waals surface area (Å²) >= 11 is 1.44. The molecule has 26 heavy (non-hydrogen) atoms.